The van der Waals surface area contributed by atoms with Crippen LogP contribution in [0.2, 0.25) is 0 Å². The second kappa shape index (κ2) is 2.44. The van der Waals surface area contributed by atoms with Crippen LogP contribution in [-0.2, 0) is 12.8 Å². The molecular formula is C10H10F2N2O2. The van der Waals surface area contributed by atoms with Gasteiger partial charge in [-0.3, -0.25) is 5.10 Å². The Morgan fingerprint density at radius 3 is 2.94 bits per heavy atom. The van der Waals surface area contributed by atoms with Crippen LogP contribution in [0.3, 0.4) is 0 Å². The van der Waals surface area contributed by atoms with Crippen molar-refractivity contribution < 1.29 is 18.7 Å². The fourth-order valence-electron chi connectivity index (χ4n) is 2.78. The summed E-state index contributed by atoms with van der Waals surface area (Å²) in [6.07, 6.45) is 0.289. The first-order chi connectivity index (χ1) is 7.38. The lowest BCUT2D eigenvalue weighted by Crippen LogP contribution is -2.15. The van der Waals surface area contributed by atoms with E-state index in [0.717, 1.165) is 0 Å². The number of carbonyl (C=O) groups is 1. The number of hydrogen-bond acceptors (Lipinski definition) is 2. The number of H-pyrrole nitrogens is 1. The van der Waals surface area contributed by atoms with Crippen LogP contribution in [0.1, 0.15) is 28.7 Å². The number of aromatic carboxylic acids is 1. The number of halogens is 2. The van der Waals surface area contributed by atoms with Crippen LogP contribution in [0.4, 0.5) is 8.78 Å². The van der Waals surface area contributed by atoms with E-state index < -0.39 is 23.2 Å². The van der Waals surface area contributed by atoms with Crippen LogP contribution in [0.15, 0.2) is 0 Å². The van der Waals surface area contributed by atoms with Crippen molar-refractivity contribution >= 4 is 5.97 Å². The van der Waals surface area contributed by atoms with Crippen LogP contribution in [0.5, 0.6) is 0 Å². The summed E-state index contributed by atoms with van der Waals surface area (Å²) >= 11 is 0. The largest absolute Gasteiger partial charge is 0.476 e. The van der Waals surface area contributed by atoms with Crippen molar-refractivity contribution in [2.24, 2.45) is 11.3 Å². The van der Waals surface area contributed by atoms with Gasteiger partial charge in [-0.1, -0.05) is 6.92 Å². The molecular weight excluding hydrogens is 218 g/mol. The Morgan fingerprint density at radius 1 is 1.62 bits per heavy atom. The maximum absolute atomic E-state index is 13.5. The predicted molar refractivity (Wildman–Crippen MR) is 49.5 cm³/mol. The highest BCUT2D eigenvalue weighted by molar-refractivity contribution is 5.87. The smallest absolute Gasteiger partial charge is 0.356 e. The third kappa shape index (κ3) is 0.881. The number of rotatable bonds is 1. The molecule has 2 aliphatic carbocycles. The van der Waals surface area contributed by atoms with Gasteiger partial charge in [0, 0.05) is 29.0 Å². The van der Waals surface area contributed by atoms with Crippen LogP contribution in [0.25, 0.3) is 0 Å². The maximum atomic E-state index is 13.5. The minimum Gasteiger partial charge on any atom is -0.476 e. The van der Waals surface area contributed by atoms with Crippen molar-refractivity contribution in [2.45, 2.75) is 25.7 Å². The first-order valence-corrected chi connectivity index (χ1v) is 5.05. The molecule has 0 aliphatic heterocycles. The molecule has 0 aromatic carbocycles. The average Bonchev–Trinajstić information content (AvgIpc) is 2.55. The minimum absolute atomic E-state index is 0.108. The van der Waals surface area contributed by atoms with E-state index in [4.69, 9.17) is 5.11 Å². The van der Waals surface area contributed by atoms with E-state index in [-0.39, 0.29) is 18.5 Å². The molecule has 0 spiro atoms. The van der Waals surface area contributed by atoms with E-state index in [0.29, 0.717) is 11.3 Å². The molecule has 0 radical (unpaired) electrons. The van der Waals surface area contributed by atoms with Gasteiger partial charge in [0.2, 0.25) is 0 Å². The number of carboxylic acids is 1. The normalized spacial score (nSPS) is 34.1. The second-order valence-electron chi connectivity index (χ2n) is 4.81. The first-order valence-electron chi connectivity index (χ1n) is 5.05. The summed E-state index contributed by atoms with van der Waals surface area (Å²) in [6, 6.07) is 0. The van der Waals surface area contributed by atoms with E-state index >= 15 is 0 Å². The van der Waals surface area contributed by atoms with Crippen molar-refractivity contribution in [3.63, 3.8) is 0 Å². The molecule has 1 aromatic heterocycles. The highest BCUT2D eigenvalue weighted by atomic mass is 19.3. The number of alkyl halides is 2. The van der Waals surface area contributed by atoms with Crippen LogP contribution in [-0.4, -0.2) is 27.2 Å². The highest BCUT2D eigenvalue weighted by Crippen LogP contribution is 2.70. The average molecular weight is 228 g/mol. The molecule has 4 nitrogen and oxygen atoms in total. The SMILES string of the molecule is CC12Cc3[nH]nc(C(=O)O)c3CC1C2(F)F. The van der Waals surface area contributed by atoms with Crippen LogP contribution < -0.4 is 0 Å². The van der Waals surface area contributed by atoms with E-state index in [1.54, 1.807) is 6.92 Å². The molecule has 16 heavy (non-hydrogen) atoms. The monoisotopic (exact) mass is 228 g/mol. The van der Waals surface area contributed by atoms with Gasteiger partial charge in [-0.15, -0.1) is 0 Å². The summed E-state index contributed by atoms with van der Waals surface area (Å²) in [5.41, 5.74) is -0.123. The highest BCUT2D eigenvalue weighted by Gasteiger charge is 2.78. The standard InChI is InChI=1S/C10H10F2N2O2/c1-9-3-5-4(2-6(9)10(9,11)12)7(8(15)16)14-13-5/h6H,2-3H2,1H3,(H,13,14)(H,15,16). The zero-order chi connectivity index (χ0) is 11.7. The number of fused-ring (bicyclic) bond motifs is 2. The summed E-state index contributed by atoms with van der Waals surface area (Å²) in [6.45, 7) is 1.54. The van der Waals surface area contributed by atoms with Gasteiger partial charge < -0.3 is 5.11 Å². The molecule has 2 N–H and O–H groups in total. The summed E-state index contributed by atoms with van der Waals surface area (Å²) in [7, 11) is 0. The van der Waals surface area contributed by atoms with Gasteiger partial charge in [0.25, 0.3) is 5.92 Å². The molecule has 0 saturated heterocycles. The topological polar surface area (TPSA) is 66.0 Å². The summed E-state index contributed by atoms with van der Waals surface area (Å²) in [5.74, 6) is -4.57. The third-order valence-electron chi connectivity index (χ3n) is 3.99. The lowest BCUT2D eigenvalue weighted by molar-refractivity contribution is 0.0627. The number of aromatic amines is 1. The Bertz CT molecular complexity index is 497. The van der Waals surface area contributed by atoms with Crippen molar-refractivity contribution in [3.05, 3.63) is 17.0 Å². The lowest BCUT2D eigenvalue weighted by Gasteiger charge is -2.14. The molecule has 1 heterocycles. The Morgan fingerprint density at radius 2 is 2.31 bits per heavy atom. The van der Waals surface area contributed by atoms with E-state index in [1.807, 2.05) is 0 Å². The number of nitrogens with zero attached hydrogens (tertiary/aromatic N) is 1. The fourth-order valence-corrected chi connectivity index (χ4v) is 2.78. The Kier molecular flexibility index (Phi) is 1.49. The number of carboxylic acid groups (broad SMARTS) is 1. The Hall–Kier alpha value is -1.46. The number of nitrogens with one attached hydrogen (secondary N) is 1. The summed E-state index contributed by atoms with van der Waals surface area (Å²) in [5, 5.41) is 15.1. The van der Waals surface area contributed by atoms with Gasteiger partial charge in [0.15, 0.2) is 5.69 Å². The Labute approximate surface area is 89.7 Å². The van der Waals surface area contributed by atoms with Gasteiger partial charge in [-0.2, -0.15) is 5.10 Å². The van der Waals surface area contributed by atoms with Crippen LogP contribution in [0, 0.1) is 11.3 Å². The molecule has 86 valence electrons. The maximum Gasteiger partial charge on any atom is 0.356 e. The lowest BCUT2D eigenvalue weighted by atomic mass is 9.88. The quantitative estimate of drug-likeness (QED) is 0.765. The molecule has 1 aromatic rings. The first kappa shape index (κ1) is 9.74. The second-order valence-corrected chi connectivity index (χ2v) is 4.81. The van der Waals surface area contributed by atoms with E-state index in [1.165, 1.54) is 0 Å². The van der Waals surface area contributed by atoms with Gasteiger partial charge in [0.1, 0.15) is 0 Å². The summed E-state index contributed by atoms with van der Waals surface area (Å²) < 4.78 is 27.0. The predicted octanol–water partition coefficient (Wildman–Crippen LogP) is 1.48. The van der Waals surface area contributed by atoms with Crippen molar-refractivity contribution in [2.75, 3.05) is 0 Å². The molecule has 2 atom stereocenters. The van der Waals surface area contributed by atoms with Gasteiger partial charge in [0.05, 0.1) is 0 Å². The van der Waals surface area contributed by atoms with Crippen LogP contribution >= 0.6 is 0 Å². The zero-order valence-corrected chi connectivity index (χ0v) is 8.55. The molecule has 2 unspecified atom stereocenters. The fraction of sp³-hybridized carbons (Fsp3) is 0.600. The molecule has 6 heteroatoms. The van der Waals surface area contributed by atoms with Gasteiger partial charge in [-0.25, -0.2) is 13.6 Å². The molecule has 2 aliphatic rings. The minimum atomic E-state index is -2.68. The van der Waals surface area contributed by atoms with Gasteiger partial charge >= 0.3 is 5.97 Å². The van der Waals surface area contributed by atoms with Crippen molar-refractivity contribution in [3.8, 4) is 0 Å². The number of aromatic nitrogens is 2. The number of hydrogen-bond donors (Lipinski definition) is 2. The Balaban J connectivity index is 2.04. The van der Waals surface area contributed by atoms with E-state index in [2.05, 4.69) is 10.2 Å². The zero-order valence-electron chi connectivity index (χ0n) is 8.55. The molecule has 3 rings (SSSR count). The van der Waals surface area contributed by atoms with Crippen molar-refractivity contribution in [1.82, 2.24) is 10.2 Å². The molecule has 1 fully saturated rings. The third-order valence-corrected chi connectivity index (χ3v) is 3.99. The van der Waals surface area contributed by atoms with E-state index in [9.17, 15) is 13.6 Å². The molecule has 0 bridgehead atoms. The molecule has 0 amide bonds. The van der Waals surface area contributed by atoms with Crippen molar-refractivity contribution in [1.29, 1.82) is 0 Å². The van der Waals surface area contributed by atoms with Gasteiger partial charge in [-0.05, 0) is 6.42 Å². The molecule has 1 saturated carbocycles. The summed E-state index contributed by atoms with van der Waals surface area (Å²) in [4.78, 5) is 10.8.